The minimum atomic E-state index is 0.541. The van der Waals surface area contributed by atoms with Gasteiger partial charge >= 0.3 is 0 Å². The molecule has 0 saturated carbocycles. The molecule has 31 heavy (non-hydrogen) atoms. The van der Waals surface area contributed by atoms with E-state index in [1.807, 2.05) is 48.5 Å². The van der Waals surface area contributed by atoms with Gasteiger partial charge in [0.1, 0.15) is 17.5 Å². The molecule has 11 heteroatoms. The molecule has 0 spiro atoms. The first-order valence-electron chi connectivity index (χ1n) is 9.44. The maximum atomic E-state index is 6.10. The maximum absolute atomic E-state index is 6.10. The third-order valence-corrected chi connectivity index (χ3v) is 4.83. The summed E-state index contributed by atoms with van der Waals surface area (Å²) in [6.07, 6.45) is 1.48. The lowest BCUT2D eigenvalue weighted by Gasteiger charge is -2.09. The predicted octanol–water partition coefficient (Wildman–Crippen LogP) is 3.55. The number of H-pyrrole nitrogens is 1. The fourth-order valence-corrected chi connectivity index (χ4v) is 3.38. The van der Waals surface area contributed by atoms with E-state index in [9.17, 15) is 0 Å². The predicted molar refractivity (Wildman–Crippen MR) is 118 cm³/mol. The molecule has 10 nitrogen and oxygen atoms in total. The number of fused-ring (bicyclic) bond motifs is 1. The van der Waals surface area contributed by atoms with Crippen LogP contribution in [0.15, 0.2) is 54.9 Å². The monoisotopic (exact) mass is 432 g/mol. The van der Waals surface area contributed by atoms with E-state index < -0.39 is 0 Å². The van der Waals surface area contributed by atoms with Crippen molar-refractivity contribution in [2.45, 2.75) is 6.54 Å². The van der Waals surface area contributed by atoms with E-state index >= 15 is 0 Å². The number of tetrazole rings is 1. The van der Waals surface area contributed by atoms with Crippen LogP contribution in [0.25, 0.3) is 22.4 Å². The number of aromatic nitrogens is 8. The van der Waals surface area contributed by atoms with E-state index in [0.717, 1.165) is 22.2 Å². The molecule has 0 amide bonds. The molecular formula is C20H17ClN10. The Morgan fingerprint density at radius 2 is 1.97 bits per heavy atom. The minimum Gasteiger partial charge on any atom is -0.364 e. The zero-order valence-corrected chi connectivity index (χ0v) is 17.2. The number of nitrogens with one attached hydrogen (secondary N) is 3. The lowest BCUT2D eigenvalue weighted by molar-refractivity contribution is 0.630. The Hall–Kier alpha value is -4.05. The van der Waals surface area contributed by atoms with Crippen LogP contribution in [-0.2, 0) is 13.6 Å². The van der Waals surface area contributed by atoms with Gasteiger partial charge in [0.2, 0.25) is 5.82 Å². The second-order valence-corrected chi connectivity index (χ2v) is 7.25. The Kier molecular flexibility index (Phi) is 4.89. The number of anilines is 3. The van der Waals surface area contributed by atoms with Gasteiger partial charge in [-0.2, -0.15) is 9.90 Å². The Morgan fingerprint density at radius 1 is 1.06 bits per heavy atom. The summed E-state index contributed by atoms with van der Waals surface area (Å²) in [6.45, 7) is 0.541. The average molecular weight is 433 g/mol. The van der Waals surface area contributed by atoms with Gasteiger partial charge in [-0.25, -0.2) is 9.97 Å². The summed E-state index contributed by atoms with van der Waals surface area (Å²) >= 11 is 6.10. The Morgan fingerprint density at radius 3 is 2.81 bits per heavy atom. The molecule has 0 aliphatic rings. The Labute approximate surface area is 181 Å². The third-order valence-electron chi connectivity index (χ3n) is 4.60. The van der Waals surface area contributed by atoms with Gasteiger partial charge in [-0.3, -0.25) is 5.10 Å². The highest BCUT2D eigenvalue weighted by molar-refractivity contribution is 6.30. The van der Waals surface area contributed by atoms with Gasteiger partial charge < -0.3 is 10.6 Å². The van der Waals surface area contributed by atoms with Crippen molar-refractivity contribution in [3.05, 3.63) is 65.4 Å². The maximum Gasteiger partial charge on any atom is 0.204 e. The molecular weight excluding hydrogens is 416 g/mol. The lowest BCUT2D eigenvalue weighted by Crippen LogP contribution is -2.02. The Bertz CT molecular complexity index is 1360. The quantitative estimate of drug-likeness (QED) is 0.372. The van der Waals surface area contributed by atoms with Gasteiger partial charge in [0.25, 0.3) is 0 Å². The van der Waals surface area contributed by atoms with Gasteiger partial charge in [0, 0.05) is 22.8 Å². The van der Waals surface area contributed by atoms with Crippen LogP contribution in [0.4, 0.5) is 17.3 Å². The third kappa shape index (κ3) is 4.01. The minimum absolute atomic E-state index is 0.541. The molecule has 3 aromatic heterocycles. The lowest BCUT2D eigenvalue weighted by atomic mass is 10.1. The number of rotatable bonds is 6. The highest BCUT2D eigenvalue weighted by Gasteiger charge is 2.13. The van der Waals surface area contributed by atoms with Crippen molar-refractivity contribution in [2.75, 3.05) is 10.6 Å². The van der Waals surface area contributed by atoms with E-state index in [-0.39, 0.29) is 0 Å². The fourth-order valence-electron chi connectivity index (χ4n) is 3.19. The first-order chi connectivity index (χ1) is 15.2. The van der Waals surface area contributed by atoms with Crippen LogP contribution in [0.5, 0.6) is 0 Å². The largest absolute Gasteiger partial charge is 0.364 e. The molecule has 0 atom stereocenters. The second kappa shape index (κ2) is 8.00. The standard InChI is InChI=1S/C20H17ClN10/c1-31-29-17(28-30-31)13-5-2-4-12(8-13)10-22-19-16-18(23-11-24-20(16)27-26-19)25-15-7-3-6-14(21)9-15/h2-9,11H,10H2,1H3,(H3,22,23,24,25,26,27). The van der Waals surface area contributed by atoms with E-state index in [1.54, 1.807) is 7.05 Å². The SMILES string of the molecule is Cn1nnc(-c2cccc(CNc3n[nH]c4ncnc(Nc5cccc(Cl)c5)c34)c2)n1. The van der Waals surface area contributed by atoms with Crippen LogP contribution in [0, 0.1) is 0 Å². The van der Waals surface area contributed by atoms with E-state index in [0.29, 0.717) is 34.7 Å². The van der Waals surface area contributed by atoms with Crippen LogP contribution in [0.2, 0.25) is 5.02 Å². The van der Waals surface area contributed by atoms with Crippen LogP contribution >= 0.6 is 11.6 Å². The van der Waals surface area contributed by atoms with Crippen molar-refractivity contribution in [3.8, 4) is 11.4 Å². The molecule has 2 aromatic carbocycles. The van der Waals surface area contributed by atoms with Crippen molar-refractivity contribution in [1.82, 2.24) is 40.4 Å². The molecule has 3 N–H and O–H groups in total. The summed E-state index contributed by atoms with van der Waals surface area (Å²) in [6, 6.07) is 15.4. The molecule has 154 valence electrons. The number of aryl methyl sites for hydroxylation is 1. The van der Waals surface area contributed by atoms with Crippen molar-refractivity contribution in [1.29, 1.82) is 0 Å². The molecule has 0 aliphatic carbocycles. The summed E-state index contributed by atoms with van der Waals surface area (Å²) in [7, 11) is 1.74. The van der Waals surface area contributed by atoms with Crippen LogP contribution < -0.4 is 10.6 Å². The number of hydrogen-bond donors (Lipinski definition) is 3. The summed E-state index contributed by atoms with van der Waals surface area (Å²) in [4.78, 5) is 10.1. The smallest absolute Gasteiger partial charge is 0.204 e. The molecule has 0 saturated heterocycles. The number of halogens is 1. The number of benzene rings is 2. The zero-order chi connectivity index (χ0) is 21.2. The molecule has 5 rings (SSSR count). The highest BCUT2D eigenvalue weighted by Crippen LogP contribution is 2.29. The van der Waals surface area contributed by atoms with Gasteiger partial charge in [0.15, 0.2) is 11.5 Å². The summed E-state index contributed by atoms with van der Waals surface area (Å²) < 4.78 is 0. The highest BCUT2D eigenvalue weighted by atomic mass is 35.5. The van der Waals surface area contributed by atoms with Crippen LogP contribution in [-0.4, -0.2) is 40.4 Å². The first-order valence-corrected chi connectivity index (χ1v) is 9.82. The van der Waals surface area contributed by atoms with Crippen molar-refractivity contribution >= 4 is 40.0 Å². The van der Waals surface area contributed by atoms with Crippen molar-refractivity contribution < 1.29 is 0 Å². The molecule has 0 unspecified atom stereocenters. The average Bonchev–Trinajstić information content (AvgIpc) is 3.39. The van der Waals surface area contributed by atoms with Crippen LogP contribution in [0.1, 0.15) is 5.56 Å². The van der Waals surface area contributed by atoms with Crippen molar-refractivity contribution in [3.63, 3.8) is 0 Å². The normalized spacial score (nSPS) is 11.0. The van der Waals surface area contributed by atoms with Gasteiger partial charge in [-0.15, -0.1) is 10.2 Å². The van der Waals surface area contributed by atoms with Gasteiger partial charge in [-0.05, 0) is 35.0 Å². The summed E-state index contributed by atoms with van der Waals surface area (Å²) in [5.74, 6) is 1.85. The van der Waals surface area contributed by atoms with E-state index in [4.69, 9.17) is 11.6 Å². The Balaban J connectivity index is 1.40. The molecule has 3 heterocycles. The van der Waals surface area contributed by atoms with Gasteiger partial charge in [0.05, 0.1) is 7.05 Å². The molecule has 0 aliphatic heterocycles. The molecule has 0 bridgehead atoms. The number of nitrogens with zero attached hydrogens (tertiary/aromatic N) is 7. The number of hydrogen-bond acceptors (Lipinski definition) is 8. The van der Waals surface area contributed by atoms with Crippen LogP contribution in [0.3, 0.4) is 0 Å². The van der Waals surface area contributed by atoms with E-state index in [1.165, 1.54) is 11.1 Å². The molecule has 0 radical (unpaired) electrons. The molecule has 0 fully saturated rings. The second-order valence-electron chi connectivity index (χ2n) is 6.81. The number of aromatic amines is 1. The van der Waals surface area contributed by atoms with E-state index in [2.05, 4.69) is 46.2 Å². The summed E-state index contributed by atoms with van der Waals surface area (Å²) in [5, 5.41) is 27.6. The topological polar surface area (TPSA) is 122 Å². The zero-order valence-electron chi connectivity index (χ0n) is 16.4. The first kappa shape index (κ1) is 18.9. The molecule has 5 aromatic rings. The van der Waals surface area contributed by atoms with Gasteiger partial charge in [-0.1, -0.05) is 35.9 Å². The fraction of sp³-hybridized carbons (Fsp3) is 0.100. The van der Waals surface area contributed by atoms with Crippen molar-refractivity contribution in [2.24, 2.45) is 7.05 Å². The summed E-state index contributed by atoms with van der Waals surface area (Å²) in [5.41, 5.74) is 3.39.